The lowest BCUT2D eigenvalue weighted by molar-refractivity contribution is -0.147. The average Bonchev–Trinajstić information content (AvgIpc) is 3.52. The van der Waals surface area contributed by atoms with Crippen LogP contribution in [0.1, 0.15) is 49.0 Å². The summed E-state index contributed by atoms with van der Waals surface area (Å²) >= 11 is 0. The van der Waals surface area contributed by atoms with Crippen LogP contribution in [0.15, 0.2) is 54.6 Å². The number of carbonyl (C=O) groups excluding carboxylic acids is 4. The van der Waals surface area contributed by atoms with Gasteiger partial charge in [0, 0.05) is 12.1 Å². The number of fused-ring (bicyclic) bond motifs is 5. The van der Waals surface area contributed by atoms with E-state index in [0.717, 1.165) is 24.8 Å². The fraction of sp³-hybridized carbons (Fsp3) is 0.429. The Labute approximate surface area is 204 Å². The van der Waals surface area contributed by atoms with E-state index in [9.17, 15) is 19.2 Å². The molecule has 1 heterocycles. The summed E-state index contributed by atoms with van der Waals surface area (Å²) in [7, 11) is 0. The summed E-state index contributed by atoms with van der Waals surface area (Å²) in [5.41, 5.74) is 1.74. The maximum atomic E-state index is 13.5. The number of hydrogen-bond donors (Lipinski definition) is 1. The maximum Gasteiger partial charge on any atom is 0.338 e. The molecule has 5 rings (SSSR count). The van der Waals surface area contributed by atoms with Gasteiger partial charge in [0.2, 0.25) is 17.7 Å². The van der Waals surface area contributed by atoms with Gasteiger partial charge in [-0.05, 0) is 74.8 Å². The summed E-state index contributed by atoms with van der Waals surface area (Å²) in [5.74, 6) is -1.30. The molecule has 0 aromatic heterocycles. The molecule has 1 saturated heterocycles. The van der Waals surface area contributed by atoms with Gasteiger partial charge in [-0.25, -0.2) is 4.79 Å². The van der Waals surface area contributed by atoms with Crippen molar-refractivity contribution in [2.45, 2.75) is 51.7 Å². The zero-order chi connectivity index (χ0) is 24.7. The zero-order valence-electron chi connectivity index (χ0n) is 20.0. The number of nitrogens with one attached hydrogen (secondary N) is 1. The van der Waals surface area contributed by atoms with E-state index < -0.39 is 17.9 Å². The third kappa shape index (κ3) is 4.35. The lowest BCUT2D eigenvalue weighted by Gasteiger charge is -2.27. The summed E-state index contributed by atoms with van der Waals surface area (Å²) in [5, 5.41) is 2.85. The van der Waals surface area contributed by atoms with Crippen molar-refractivity contribution < 1.29 is 23.9 Å². The molecule has 35 heavy (non-hydrogen) atoms. The second-order valence-electron chi connectivity index (χ2n) is 10.2. The Hall–Kier alpha value is -3.48. The van der Waals surface area contributed by atoms with Crippen LogP contribution < -0.4 is 5.32 Å². The molecule has 0 spiro atoms. The first-order chi connectivity index (χ1) is 16.8. The van der Waals surface area contributed by atoms with Gasteiger partial charge in [-0.1, -0.05) is 30.3 Å². The second kappa shape index (κ2) is 9.29. The van der Waals surface area contributed by atoms with Crippen LogP contribution in [0.2, 0.25) is 0 Å². The molecule has 0 unspecified atom stereocenters. The first-order valence-electron chi connectivity index (χ1n) is 12.4. The Balaban J connectivity index is 1.38. The van der Waals surface area contributed by atoms with Crippen LogP contribution in [0.25, 0.3) is 0 Å². The summed E-state index contributed by atoms with van der Waals surface area (Å²) in [4.78, 5) is 53.8. The molecule has 1 N–H and O–H groups in total. The van der Waals surface area contributed by atoms with Crippen molar-refractivity contribution in [3.8, 4) is 0 Å². The van der Waals surface area contributed by atoms with Gasteiger partial charge in [-0.15, -0.1) is 0 Å². The Morgan fingerprint density at radius 1 is 0.943 bits per heavy atom. The molecule has 2 aromatic rings. The van der Waals surface area contributed by atoms with Crippen LogP contribution in [-0.2, 0) is 25.5 Å². The molecule has 3 fully saturated rings. The maximum absolute atomic E-state index is 13.5. The molecule has 182 valence electrons. The topological polar surface area (TPSA) is 92.8 Å². The Kier molecular flexibility index (Phi) is 6.17. The van der Waals surface area contributed by atoms with Gasteiger partial charge < -0.3 is 10.1 Å². The van der Waals surface area contributed by atoms with Gasteiger partial charge in [0.1, 0.15) is 6.04 Å². The standard InChI is InChI=1S/C28H30N2O5/c1-16(2)35-28(34)18-10-12-21(13-11-18)29-25(31)22(14-17-6-4-3-5-7-17)30-26(32)23-19-8-9-20(15-19)24(23)27(30)33/h3-7,10-13,16,19-20,22-24H,8-9,14-15H2,1-2H3,(H,29,31)/t19-,20+,22-,23-,24-/m0/s1. The molecule has 0 radical (unpaired) electrons. The predicted molar refractivity (Wildman–Crippen MR) is 129 cm³/mol. The van der Waals surface area contributed by atoms with Gasteiger partial charge in [0.05, 0.1) is 23.5 Å². The lowest BCUT2D eigenvalue weighted by atomic mass is 9.81. The highest BCUT2D eigenvalue weighted by Gasteiger charge is 2.62. The number of esters is 1. The zero-order valence-corrected chi connectivity index (χ0v) is 20.0. The third-order valence-corrected chi connectivity index (χ3v) is 7.58. The fourth-order valence-electron chi connectivity index (χ4n) is 6.07. The largest absolute Gasteiger partial charge is 0.459 e. The molecule has 2 saturated carbocycles. The third-order valence-electron chi connectivity index (χ3n) is 7.58. The summed E-state index contributed by atoms with van der Waals surface area (Å²) in [6.45, 7) is 3.56. The minimum absolute atomic E-state index is 0.199. The minimum Gasteiger partial charge on any atom is -0.459 e. The molecule has 3 amide bonds. The molecule has 2 aromatic carbocycles. The second-order valence-corrected chi connectivity index (χ2v) is 10.2. The number of carbonyl (C=O) groups is 4. The molecule has 2 bridgehead atoms. The quantitative estimate of drug-likeness (QED) is 0.486. The number of rotatable bonds is 7. The Morgan fingerprint density at radius 3 is 2.11 bits per heavy atom. The van der Waals surface area contributed by atoms with Gasteiger partial charge in [-0.3, -0.25) is 19.3 Å². The van der Waals surface area contributed by atoms with Crippen molar-refractivity contribution in [3.63, 3.8) is 0 Å². The molecular formula is C28H30N2O5. The Bertz CT molecular complexity index is 1120. The van der Waals surface area contributed by atoms with E-state index in [1.165, 1.54) is 4.90 Å². The Morgan fingerprint density at radius 2 is 1.54 bits per heavy atom. The molecule has 2 aliphatic carbocycles. The number of hydrogen-bond acceptors (Lipinski definition) is 5. The van der Waals surface area contributed by atoms with E-state index in [2.05, 4.69) is 5.32 Å². The monoisotopic (exact) mass is 474 g/mol. The number of nitrogens with zero attached hydrogens (tertiary/aromatic N) is 1. The number of amides is 3. The van der Waals surface area contributed by atoms with Crippen molar-refractivity contribution >= 4 is 29.4 Å². The van der Waals surface area contributed by atoms with E-state index in [4.69, 9.17) is 4.74 Å². The van der Waals surface area contributed by atoms with Crippen LogP contribution in [0, 0.1) is 23.7 Å². The molecule has 7 nitrogen and oxygen atoms in total. The van der Waals surface area contributed by atoms with E-state index in [0.29, 0.717) is 11.3 Å². The number of imide groups is 1. The van der Waals surface area contributed by atoms with E-state index >= 15 is 0 Å². The fourth-order valence-corrected chi connectivity index (χ4v) is 6.07. The number of anilines is 1. The van der Waals surface area contributed by atoms with Crippen LogP contribution in [0.4, 0.5) is 5.69 Å². The minimum atomic E-state index is -0.937. The predicted octanol–water partition coefficient (Wildman–Crippen LogP) is 3.83. The van der Waals surface area contributed by atoms with Crippen molar-refractivity contribution in [2.24, 2.45) is 23.7 Å². The highest BCUT2D eigenvalue weighted by Crippen LogP contribution is 2.56. The van der Waals surface area contributed by atoms with Crippen molar-refractivity contribution in [2.75, 3.05) is 5.32 Å². The van der Waals surface area contributed by atoms with Crippen LogP contribution in [0.3, 0.4) is 0 Å². The first-order valence-corrected chi connectivity index (χ1v) is 12.4. The van der Waals surface area contributed by atoms with Crippen molar-refractivity contribution in [1.29, 1.82) is 0 Å². The van der Waals surface area contributed by atoms with Crippen molar-refractivity contribution in [3.05, 3.63) is 65.7 Å². The normalized spacial score (nSPS) is 25.6. The number of likely N-dealkylation sites (tertiary alicyclic amines) is 1. The van der Waals surface area contributed by atoms with E-state index in [1.54, 1.807) is 38.1 Å². The highest BCUT2D eigenvalue weighted by atomic mass is 16.5. The summed E-state index contributed by atoms with van der Waals surface area (Å²) < 4.78 is 5.20. The number of benzene rings is 2. The highest BCUT2D eigenvalue weighted by molar-refractivity contribution is 6.10. The summed E-state index contributed by atoms with van der Waals surface area (Å²) in [6.07, 6.45) is 2.94. The van der Waals surface area contributed by atoms with Gasteiger partial charge in [-0.2, -0.15) is 0 Å². The van der Waals surface area contributed by atoms with Crippen LogP contribution in [0.5, 0.6) is 0 Å². The molecule has 1 aliphatic heterocycles. The molecule has 3 aliphatic rings. The van der Waals surface area contributed by atoms with Crippen LogP contribution in [-0.4, -0.2) is 40.7 Å². The summed E-state index contributed by atoms with van der Waals surface area (Å²) in [6, 6.07) is 14.9. The molecule has 5 atom stereocenters. The average molecular weight is 475 g/mol. The van der Waals surface area contributed by atoms with Gasteiger partial charge in [0.25, 0.3) is 0 Å². The van der Waals surface area contributed by atoms with Gasteiger partial charge in [0.15, 0.2) is 0 Å². The molecular weight excluding hydrogens is 444 g/mol. The first kappa shape index (κ1) is 23.3. The molecule has 7 heteroatoms. The van der Waals surface area contributed by atoms with Gasteiger partial charge >= 0.3 is 5.97 Å². The van der Waals surface area contributed by atoms with E-state index in [1.807, 2.05) is 30.3 Å². The number of ether oxygens (including phenoxy) is 1. The SMILES string of the molecule is CC(C)OC(=O)c1ccc(NC(=O)[C@H](Cc2ccccc2)N2C(=O)[C@H]3[C@@H]4CC[C@@H](C4)[C@@H]3C2=O)cc1. The van der Waals surface area contributed by atoms with Crippen molar-refractivity contribution in [1.82, 2.24) is 4.90 Å². The van der Waals surface area contributed by atoms with E-state index in [-0.39, 0.29) is 48.0 Å². The lowest BCUT2D eigenvalue weighted by Crippen LogP contribution is -2.49. The van der Waals surface area contributed by atoms with Crippen LogP contribution >= 0.6 is 0 Å². The smallest absolute Gasteiger partial charge is 0.338 e.